The number of likely N-dealkylation sites (N-methyl/N-ethyl adjacent to an activating group) is 1. The Hall–Kier alpha value is -1.10. The number of nitrogens with two attached hydrogens (primary N) is 1. The van der Waals surface area contributed by atoms with E-state index in [4.69, 9.17) is 10.5 Å². The summed E-state index contributed by atoms with van der Waals surface area (Å²) in [5.74, 6) is 0.946. The Bertz CT molecular complexity index is 402. The first-order chi connectivity index (χ1) is 9.70. The normalized spacial score (nSPS) is 17.6. The van der Waals surface area contributed by atoms with Crippen molar-refractivity contribution in [1.29, 1.82) is 0 Å². The molecule has 20 heavy (non-hydrogen) atoms. The van der Waals surface area contributed by atoms with Crippen LogP contribution in [0.4, 0.5) is 0 Å². The van der Waals surface area contributed by atoms with Gasteiger partial charge in [0.25, 0.3) is 0 Å². The van der Waals surface area contributed by atoms with Gasteiger partial charge in [-0.05, 0) is 57.7 Å². The van der Waals surface area contributed by atoms with Crippen LogP contribution in [0.5, 0.6) is 5.75 Å². The Morgan fingerprint density at radius 1 is 1.30 bits per heavy atom. The molecule has 0 aromatic heterocycles. The van der Waals surface area contributed by atoms with Crippen LogP contribution < -0.4 is 10.5 Å². The molecule has 1 aromatic rings. The predicted molar refractivity (Wildman–Crippen MR) is 83.1 cm³/mol. The van der Waals surface area contributed by atoms with Crippen molar-refractivity contribution in [2.24, 2.45) is 5.73 Å². The Balaban J connectivity index is 1.99. The highest BCUT2D eigenvalue weighted by atomic mass is 16.5. The monoisotopic (exact) mass is 277 g/mol. The lowest BCUT2D eigenvalue weighted by Gasteiger charge is -2.27. The standard InChI is InChI=1S/C16H27N3O/c1-18(2)10-11-20-15-7-5-6-14(12-15)16(13-17)19-8-3-4-9-19/h5-7,12,16H,3-4,8-11,13,17H2,1-2H3. The van der Waals surface area contributed by atoms with Crippen LogP contribution in [0, 0.1) is 0 Å². The molecular formula is C16H27N3O. The van der Waals surface area contributed by atoms with Crippen molar-refractivity contribution in [3.8, 4) is 5.75 Å². The first-order valence-corrected chi connectivity index (χ1v) is 7.52. The molecule has 1 aliphatic rings. The third-order valence-corrected chi connectivity index (χ3v) is 3.85. The molecule has 1 saturated heterocycles. The zero-order valence-corrected chi connectivity index (χ0v) is 12.7. The number of rotatable bonds is 7. The van der Waals surface area contributed by atoms with Crippen LogP contribution in [0.3, 0.4) is 0 Å². The van der Waals surface area contributed by atoms with Gasteiger partial charge in [-0.25, -0.2) is 0 Å². The highest BCUT2D eigenvalue weighted by Crippen LogP contribution is 2.26. The SMILES string of the molecule is CN(C)CCOc1cccc(C(CN)N2CCCC2)c1. The molecule has 2 N–H and O–H groups in total. The van der Waals surface area contributed by atoms with Crippen molar-refractivity contribution in [1.82, 2.24) is 9.80 Å². The van der Waals surface area contributed by atoms with Crippen molar-refractivity contribution in [2.75, 3.05) is 46.9 Å². The maximum atomic E-state index is 5.99. The highest BCUT2D eigenvalue weighted by molar-refractivity contribution is 5.31. The quantitative estimate of drug-likeness (QED) is 0.824. The Labute approximate surface area is 122 Å². The van der Waals surface area contributed by atoms with Crippen molar-refractivity contribution in [3.63, 3.8) is 0 Å². The van der Waals surface area contributed by atoms with Gasteiger partial charge >= 0.3 is 0 Å². The number of nitrogens with zero attached hydrogens (tertiary/aromatic N) is 2. The zero-order chi connectivity index (χ0) is 14.4. The van der Waals surface area contributed by atoms with Crippen molar-refractivity contribution in [3.05, 3.63) is 29.8 Å². The Kier molecular flexibility index (Phi) is 5.83. The first-order valence-electron chi connectivity index (χ1n) is 7.52. The molecule has 0 radical (unpaired) electrons. The second kappa shape index (κ2) is 7.62. The number of hydrogen-bond acceptors (Lipinski definition) is 4. The van der Waals surface area contributed by atoms with Gasteiger partial charge in [0, 0.05) is 19.1 Å². The number of ether oxygens (including phenoxy) is 1. The average molecular weight is 277 g/mol. The van der Waals surface area contributed by atoms with Crippen molar-refractivity contribution >= 4 is 0 Å². The third kappa shape index (κ3) is 4.20. The summed E-state index contributed by atoms with van der Waals surface area (Å²) < 4.78 is 5.81. The molecule has 0 amide bonds. The van der Waals surface area contributed by atoms with E-state index in [9.17, 15) is 0 Å². The minimum atomic E-state index is 0.329. The Morgan fingerprint density at radius 3 is 2.70 bits per heavy atom. The van der Waals surface area contributed by atoms with E-state index in [2.05, 4.69) is 42.1 Å². The fourth-order valence-electron chi connectivity index (χ4n) is 2.71. The minimum absolute atomic E-state index is 0.329. The van der Waals surface area contributed by atoms with Gasteiger partial charge in [-0.3, -0.25) is 4.90 Å². The number of hydrogen-bond donors (Lipinski definition) is 1. The largest absolute Gasteiger partial charge is 0.492 e. The van der Waals surface area contributed by atoms with E-state index in [1.165, 1.54) is 18.4 Å². The molecule has 4 nitrogen and oxygen atoms in total. The molecule has 1 unspecified atom stereocenters. The van der Waals surface area contributed by atoms with Gasteiger partial charge in [0.2, 0.25) is 0 Å². The van der Waals surface area contributed by atoms with E-state index < -0.39 is 0 Å². The number of benzene rings is 1. The van der Waals surface area contributed by atoms with E-state index in [0.717, 1.165) is 25.4 Å². The van der Waals surface area contributed by atoms with Gasteiger partial charge < -0.3 is 15.4 Å². The van der Waals surface area contributed by atoms with E-state index in [1.807, 2.05) is 6.07 Å². The first kappa shape index (κ1) is 15.3. The topological polar surface area (TPSA) is 41.7 Å². The summed E-state index contributed by atoms with van der Waals surface area (Å²) in [5, 5.41) is 0. The van der Waals surface area contributed by atoms with Gasteiger partial charge in [-0.15, -0.1) is 0 Å². The molecule has 2 rings (SSSR count). The molecule has 1 atom stereocenters. The van der Waals surface area contributed by atoms with Gasteiger partial charge in [-0.2, -0.15) is 0 Å². The predicted octanol–water partition coefficient (Wildman–Crippen LogP) is 1.72. The van der Waals surface area contributed by atoms with E-state index in [-0.39, 0.29) is 0 Å². The second-order valence-electron chi connectivity index (χ2n) is 5.72. The highest BCUT2D eigenvalue weighted by Gasteiger charge is 2.22. The van der Waals surface area contributed by atoms with Crippen LogP contribution in [-0.4, -0.2) is 56.7 Å². The van der Waals surface area contributed by atoms with Crippen LogP contribution >= 0.6 is 0 Å². The van der Waals surface area contributed by atoms with E-state index in [0.29, 0.717) is 19.2 Å². The smallest absolute Gasteiger partial charge is 0.119 e. The van der Waals surface area contributed by atoms with Gasteiger partial charge in [0.05, 0.1) is 0 Å². The van der Waals surface area contributed by atoms with Crippen molar-refractivity contribution in [2.45, 2.75) is 18.9 Å². The summed E-state index contributed by atoms with van der Waals surface area (Å²) in [6.07, 6.45) is 2.57. The maximum absolute atomic E-state index is 5.99. The summed E-state index contributed by atoms with van der Waals surface area (Å²) >= 11 is 0. The molecule has 112 valence electrons. The minimum Gasteiger partial charge on any atom is -0.492 e. The lowest BCUT2D eigenvalue weighted by Crippen LogP contribution is -2.31. The lowest BCUT2D eigenvalue weighted by molar-refractivity contribution is 0.247. The summed E-state index contributed by atoms with van der Waals surface area (Å²) in [6.45, 7) is 4.63. The Morgan fingerprint density at radius 2 is 2.05 bits per heavy atom. The van der Waals surface area contributed by atoms with Crippen LogP contribution in [-0.2, 0) is 0 Å². The summed E-state index contributed by atoms with van der Waals surface area (Å²) in [7, 11) is 4.11. The summed E-state index contributed by atoms with van der Waals surface area (Å²) in [6, 6.07) is 8.73. The molecule has 0 saturated carbocycles. The molecule has 0 aliphatic carbocycles. The third-order valence-electron chi connectivity index (χ3n) is 3.85. The van der Waals surface area contributed by atoms with Gasteiger partial charge in [0.1, 0.15) is 12.4 Å². The molecule has 4 heteroatoms. The maximum Gasteiger partial charge on any atom is 0.119 e. The van der Waals surface area contributed by atoms with Crippen LogP contribution in [0.1, 0.15) is 24.4 Å². The summed E-state index contributed by atoms with van der Waals surface area (Å²) in [4.78, 5) is 4.61. The molecule has 1 fully saturated rings. The van der Waals surface area contributed by atoms with Crippen LogP contribution in [0.2, 0.25) is 0 Å². The average Bonchev–Trinajstić information content (AvgIpc) is 2.94. The van der Waals surface area contributed by atoms with Crippen LogP contribution in [0.25, 0.3) is 0 Å². The molecule has 1 heterocycles. The van der Waals surface area contributed by atoms with E-state index in [1.54, 1.807) is 0 Å². The molecule has 1 aromatic carbocycles. The van der Waals surface area contributed by atoms with Gasteiger partial charge in [0.15, 0.2) is 0 Å². The molecule has 1 aliphatic heterocycles. The number of likely N-dealkylation sites (tertiary alicyclic amines) is 1. The second-order valence-corrected chi connectivity index (χ2v) is 5.72. The fourth-order valence-corrected chi connectivity index (χ4v) is 2.71. The zero-order valence-electron chi connectivity index (χ0n) is 12.7. The van der Waals surface area contributed by atoms with Crippen LogP contribution in [0.15, 0.2) is 24.3 Å². The lowest BCUT2D eigenvalue weighted by atomic mass is 10.1. The fraction of sp³-hybridized carbons (Fsp3) is 0.625. The van der Waals surface area contributed by atoms with Gasteiger partial charge in [-0.1, -0.05) is 12.1 Å². The van der Waals surface area contributed by atoms with E-state index >= 15 is 0 Å². The van der Waals surface area contributed by atoms with Crippen molar-refractivity contribution < 1.29 is 4.74 Å². The molecule has 0 spiro atoms. The summed E-state index contributed by atoms with van der Waals surface area (Å²) in [5.41, 5.74) is 7.26. The molecule has 0 bridgehead atoms. The molecular weight excluding hydrogens is 250 g/mol.